The monoisotopic (exact) mass is 249 g/mol. The van der Waals surface area contributed by atoms with Crippen molar-refractivity contribution >= 4 is 46.5 Å². The molecule has 0 fully saturated rings. The summed E-state index contributed by atoms with van der Waals surface area (Å²) in [7, 11) is 0. The van der Waals surface area contributed by atoms with Gasteiger partial charge in [0.2, 0.25) is 5.06 Å². The molecule has 0 spiro atoms. The summed E-state index contributed by atoms with van der Waals surface area (Å²) in [6, 6.07) is 0. The Morgan fingerprint density at radius 1 is 1.67 bits per heavy atom. The maximum atomic E-state index is 5.72. The molecule has 1 rings (SSSR count). The molecular formula is C4H6Cl3N3OS. The molecule has 0 saturated carbocycles. The van der Waals surface area contributed by atoms with Crippen molar-refractivity contribution in [2.24, 2.45) is 0 Å². The first-order chi connectivity index (χ1) is 5.59. The molecule has 12 heavy (non-hydrogen) atoms. The van der Waals surface area contributed by atoms with Crippen molar-refractivity contribution in [3.63, 3.8) is 0 Å². The number of aromatic nitrogens is 3. The average molecular weight is 251 g/mol. The second-order valence-corrected chi connectivity index (χ2v) is 3.94. The maximum Gasteiger partial charge on any atom is 0.230 e. The Labute approximate surface area is 87.9 Å². The molecule has 1 aromatic heterocycles. The van der Waals surface area contributed by atoms with Gasteiger partial charge in [-0.2, -0.15) is 0 Å². The molecule has 0 saturated heterocycles. The van der Waals surface area contributed by atoms with Crippen LogP contribution in [-0.4, -0.2) is 19.5 Å². The number of nitrogens with one attached hydrogen (secondary N) is 2. The Morgan fingerprint density at radius 3 is 2.83 bits per heavy atom. The first-order valence-electron chi connectivity index (χ1n) is 2.95. The van der Waals surface area contributed by atoms with E-state index in [1.807, 2.05) is 0 Å². The minimum Gasteiger partial charge on any atom is -0.461 e. The van der Waals surface area contributed by atoms with Crippen LogP contribution in [0.2, 0.25) is 5.15 Å². The van der Waals surface area contributed by atoms with Gasteiger partial charge >= 0.3 is 0 Å². The molecule has 8 heteroatoms. The molecule has 0 aliphatic carbocycles. The lowest BCUT2D eigenvalue weighted by atomic mass is 10.8. The molecular weight excluding hydrogens is 244 g/mol. The largest absolute Gasteiger partial charge is 0.461 e. The molecule has 0 aliphatic rings. The highest BCUT2D eigenvalue weighted by Gasteiger charge is 2.05. The fraction of sp³-hybridized carbons (Fsp3) is 0.500. The SMILES string of the molecule is CC(Cl)Oc1s[nH]n(Cl)[nH]c1Cl. The zero-order valence-electron chi connectivity index (χ0n) is 5.97. The van der Waals surface area contributed by atoms with E-state index in [2.05, 4.69) is 9.59 Å². The molecule has 70 valence electrons. The third-order valence-electron chi connectivity index (χ3n) is 0.863. The van der Waals surface area contributed by atoms with Gasteiger partial charge in [-0.15, -0.1) is 4.32 Å². The van der Waals surface area contributed by atoms with Crippen LogP contribution in [0.1, 0.15) is 6.92 Å². The molecule has 0 bridgehead atoms. The normalized spacial score (nSPS) is 12.7. The summed E-state index contributed by atoms with van der Waals surface area (Å²) in [6.45, 7) is 1.69. The highest BCUT2D eigenvalue weighted by atomic mass is 35.5. The summed E-state index contributed by atoms with van der Waals surface area (Å²) in [5.74, 6) is 0. The van der Waals surface area contributed by atoms with Gasteiger partial charge in [-0.05, 0) is 18.5 Å². The van der Waals surface area contributed by atoms with Crippen molar-refractivity contribution < 1.29 is 4.74 Å². The zero-order chi connectivity index (χ0) is 9.14. The summed E-state index contributed by atoms with van der Waals surface area (Å²) in [5.41, 5.74) is -0.438. The number of nitrogens with zero attached hydrogens (tertiary/aromatic N) is 1. The first-order valence-corrected chi connectivity index (χ1v) is 4.92. The van der Waals surface area contributed by atoms with E-state index in [0.29, 0.717) is 10.2 Å². The Hall–Kier alpha value is 0.0300. The third-order valence-corrected chi connectivity index (χ3v) is 2.35. The van der Waals surface area contributed by atoms with Crippen LogP contribution in [0.5, 0.6) is 5.06 Å². The predicted molar refractivity (Wildman–Crippen MR) is 50.8 cm³/mol. The summed E-state index contributed by atoms with van der Waals surface area (Å²) >= 11 is 17.9. The Balaban J connectivity index is 2.86. The average Bonchev–Trinajstić information content (AvgIpc) is 1.94. The summed E-state index contributed by atoms with van der Waals surface area (Å²) in [5, 5.41) is 3.31. The van der Waals surface area contributed by atoms with Crippen LogP contribution in [0.15, 0.2) is 0 Å². The molecule has 1 atom stereocenters. The minimum absolute atomic E-state index is 0.293. The fourth-order valence-electron chi connectivity index (χ4n) is 0.504. The van der Waals surface area contributed by atoms with Gasteiger partial charge in [0.1, 0.15) is 0 Å². The number of hydrogen-bond donors (Lipinski definition) is 2. The van der Waals surface area contributed by atoms with E-state index in [9.17, 15) is 0 Å². The van der Waals surface area contributed by atoms with Crippen LogP contribution in [0, 0.1) is 0 Å². The van der Waals surface area contributed by atoms with Gasteiger partial charge in [0.05, 0.1) is 11.8 Å². The molecule has 1 unspecified atom stereocenters. The van der Waals surface area contributed by atoms with Gasteiger partial charge in [-0.3, -0.25) is 5.10 Å². The summed E-state index contributed by atoms with van der Waals surface area (Å²) in [6.07, 6.45) is 0. The summed E-state index contributed by atoms with van der Waals surface area (Å²) < 4.78 is 8.85. The fourth-order valence-corrected chi connectivity index (χ4v) is 1.66. The predicted octanol–water partition coefficient (Wildman–Crippen LogP) is 2.95. The van der Waals surface area contributed by atoms with E-state index in [1.54, 1.807) is 6.92 Å². The molecule has 0 amide bonds. The quantitative estimate of drug-likeness (QED) is 0.779. The highest BCUT2D eigenvalue weighted by molar-refractivity contribution is 7.07. The van der Waals surface area contributed by atoms with Crippen LogP contribution in [0.4, 0.5) is 0 Å². The second kappa shape index (κ2) is 4.32. The Kier molecular flexibility index (Phi) is 3.64. The molecule has 1 heterocycles. The first kappa shape index (κ1) is 10.1. The van der Waals surface area contributed by atoms with E-state index in [0.717, 1.165) is 15.8 Å². The Morgan fingerprint density at radius 2 is 2.33 bits per heavy atom. The van der Waals surface area contributed by atoms with Gasteiger partial charge in [-0.1, -0.05) is 23.2 Å². The third kappa shape index (κ3) is 2.82. The van der Waals surface area contributed by atoms with Crippen molar-refractivity contribution in [2.45, 2.75) is 12.5 Å². The number of ether oxygens (including phenoxy) is 1. The number of H-pyrrole nitrogens is 2. The molecule has 0 radical (unpaired) electrons. The lowest BCUT2D eigenvalue weighted by Gasteiger charge is -2.08. The molecule has 0 aliphatic heterocycles. The molecule has 1 aromatic rings. The lowest BCUT2D eigenvalue weighted by Crippen LogP contribution is -2.04. The van der Waals surface area contributed by atoms with E-state index < -0.39 is 5.56 Å². The second-order valence-electron chi connectivity index (χ2n) is 1.85. The minimum atomic E-state index is -0.438. The number of aromatic amines is 2. The van der Waals surface area contributed by atoms with Crippen LogP contribution in [-0.2, 0) is 0 Å². The van der Waals surface area contributed by atoms with Crippen LogP contribution in [0.25, 0.3) is 0 Å². The van der Waals surface area contributed by atoms with Crippen molar-refractivity contribution in [1.82, 2.24) is 13.9 Å². The van der Waals surface area contributed by atoms with Gasteiger partial charge < -0.3 is 4.74 Å². The van der Waals surface area contributed by atoms with Crippen LogP contribution in [0.3, 0.4) is 0 Å². The van der Waals surface area contributed by atoms with Crippen molar-refractivity contribution in [2.75, 3.05) is 0 Å². The van der Waals surface area contributed by atoms with E-state index >= 15 is 0 Å². The van der Waals surface area contributed by atoms with Crippen molar-refractivity contribution in [3.8, 4) is 5.06 Å². The van der Waals surface area contributed by atoms with E-state index in [-0.39, 0.29) is 0 Å². The zero-order valence-corrected chi connectivity index (χ0v) is 9.06. The standard InChI is InChI=1S/C4H6Cl3N3OS/c1-2(5)11-4-3(6)8-10(7)9-12-4/h2,8-9H,1H3. The van der Waals surface area contributed by atoms with Gasteiger partial charge in [0, 0.05) is 0 Å². The number of halogens is 3. The molecule has 4 nitrogen and oxygen atoms in total. The van der Waals surface area contributed by atoms with Gasteiger partial charge in [0.25, 0.3) is 0 Å². The smallest absolute Gasteiger partial charge is 0.230 e. The number of alkyl halides is 1. The molecule has 0 aromatic carbocycles. The van der Waals surface area contributed by atoms with Crippen LogP contribution < -0.4 is 4.74 Å². The van der Waals surface area contributed by atoms with Crippen molar-refractivity contribution in [3.05, 3.63) is 5.15 Å². The van der Waals surface area contributed by atoms with Crippen LogP contribution >= 0.6 is 46.5 Å². The van der Waals surface area contributed by atoms with E-state index in [4.69, 9.17) is 39.7 Å². The summed E-state index contributed by atoms with van der Waals surface area (Å²) in [4.78, 5) is 0. The number of rotatable bonds is 2. The molecule has 2 N–H and O–H groups in total. The highest BCUT2D eigenvalue weighted by Crippen LogP contribution is 2.25. The number of hydrogen-bond acceptors (Lipinski definition) is 2. The van der Waals surface area contributed by atoms with E-state index in [1.165, 1.54) is 0 Å². The van der Waals surface area contributed by atoms with Gasteiger partial charge in [-0.25, -0.2) is 4.49 Å². The lowest BCUT2D eigenvalue weighted by molar-refractivity contribution is 0.308. The van der Waals surface area contributed by atoms with Gasteiger partial charge in [0.15, 0.2) is 10.7 Å². The Bertz CT molecular complexity index is 284. The maximum absolute atomic E-state index is 5.72. The van der Waals surface area contributed by atoms with Crippen molar-refractivity contribution in [1.29, 1.82) is 0 Å². The topological polar surface area (TPSA) is 45.7 Å².